The summed E-state index contributed by atoms with van der Waals surface area (Å²) in [6, 6.07) is 0. The molecule has 13 nitrogen and oxygen atoms in total. The third-order valence-corrected chi connectivity index (χ3v) is 11.3. The molecule has 2 aliphatic carbocycles. The quantitative estimate of drug-likeness (QED) is 0.203. The van der Waals surface area contributed by atoms with Gasteiger partial charge in [-0.05, 0) is 50.5 Å². The first-order valence-corrected chi connectivity index (χ1v) is 16.0. The number of fused-ring (bicyclic) bond motifs is 3. The highest BCUT2D eigenvalue weighted by Gasteiger charge is 2.82. The normalized spacial score (nSPS) is 41.7. The Bertz CT molecular complexity index is 1290. The predicted octanol–water partition coefficient (Wildman–Crippen LogP) is 3.15. The van der Waals surface area contributed by atoms with E-state index in [4.69, 9.17) is 37.9 Å². The van der Waals surface area contributed by atoms with Crippen LogP contribution in [-0.4, -0.2) is 85.0 Å². The van der Waals surface area contributed by atoms with Gasteiger partial charge in [-0.15, -0.1) is 0 Å². The molecule has 0 amide bonds. The number of hydrogen-bond acceptors (Lipinski definition) is 13. The van der Waals surface area contributed by atoms with Gasteiger partial charge in [-0.25, -0.2) is 4.79 Å². The van der Waals surface area contributed by atoms with Crippen LogP contribution in [0.1, 0.15) is 81.1 Å². The van der Waals surface area contributed by atoms with Crippen molar-refractivity contribution in [3.63, 3.8) is 0 Å². The maximum atomic E-state index is 13.8. The average molecular weight is 651 g/mol. The van der Waals surface area contributed by atoms with Crippen LogP contribution in [0.4, 0.5) is 0 Å². The maximum Gasteiger partial charge on any atom is 0.350 e. The third-order valence-electron chi connectivity index (χ3n) is 11.3. The largest absolute Gasteiger partial charge is 0.472 e. The fraction of sp³-hybridized carbons (Fsp3) is 0.788. The Morgan fingerprint density at radius 2 is 1.61 bits per heavy atom. The van der Waals surface area contributed by atoms with Crippen molar-refractivity contribution in [3.05, 3.63) is 12.3 Å². The van der Waals surface area contributed by atoms with Crippen molar-refractivity contribution in [1.82, 2.24) is 0 Å². The number of ether oxygens (including phenoxy) is 8. The molecule has 5 rings (SSSR count). The van der Waals surface area contributed by atoms with Gasteiger partial charge in [0.05, 0.1) is 24.4 Å². The van der Waals surface area contributed by atoms with E-state index < -0.39 is 82.4 Å². The molecule has 0 unspecified atom stereocenters. The molecule has 2 saturated heterocycles. The lowest BCUT2D eigenvalue weighted by molar-refractivity contribution is -0.286. The Kier molecular flexibility index (Phi) is 9.00. The van der Waals surface area contributed by atoms with Crippen molar-refractivity contribution in [2.45, 2.75) is 123 Å². The van der Waals surface area contributed by atoms with E-state index in [-0.39, 0.29) is 44.0 Å². The molecule has 256 valence electrons. The summed E-state index contributed by atoms with van der Waals surface area (Å²) in [5.41, 5.74) is -4.97. The Labute approximate surface area is 268 Å². The third kappa shape index (κ3) is 5.46. The van der Waals surface area contributed by atoms with Crippen molar-refractivity contribution in [3.8, 4) is 0 Å². The van der Waals surface area contributed by atoms with E-state index in [2.05, 4.69) is 13.8 Å². The topological polar surface area (TPSA) is 162 Å². The molecule has 5 aliphatic rings. The zero-order valence-electron chi connectivity index (χ0n) is 27.8. The minimum atomic E-state index is -1.64. The first-order chi connectivity index (χ1) is 21.5. The Balaban J connectivity index is 1.67. The second-order valence-corrected chi connectivity index (χ2v) is 13.9. The van der Waals surface area contributed by atoms with Gasteiger partial charge in [-0.3, -0.25) is 19.2 Å². The van der Waals surface area contributed by atoms with E-state index in [0.29, 0.717) is 12.8 Å². The number of epoxide rings is 1. The van der Waals surface area contributed by atoms with E-state index in [1.807, 2.05) is 6.08 Å². The van der Waals surface area contributed by atoms with Crippen LogP contribution in [0.25, 0.3) is 0 Å². The molecule has 1 spiro atoms. The molecular weight excluding hydrogens is 604 g/mol. The van der Waals surface area contributed by atoms with Crippen LogP contribution < -0.4 is 0 Å². The summed E-state index contributed by atoms with van der Waals surface area (Å²) in [6.45, 7) is 12.2. The molecule has 4 fully saturated rings. The molecule has 3 aliphatic heterocycles. The van der Waals surface area contributed by atoms with Crippen molar-refractivity contribution < 1.29 is 61.9 Å². The fourth-order valence-electron chi connectivity index (χ4n) is 8.72. The smallest absolute Gasteiger partial charge is 0.350 e. The standard InChI is InChI=1S/C33H46O13/c1-9-30(7,46-21(6)37)29(38)45-27-23(42-19(4)35)14-24-31(8,25-13-22-10-11-39-28(22)44-25)17(2)12-26(43-20(5)36)32(24,15-40-18(3)34)33(27)16-41-33/h10-11,17,22-28H,9,12-16H2,1-8H3/t17-,22-,23-,24-,25+,26+,27+,28+,30+,31+,32+,33-/m1/s1. The molecule has 0 aromatic rings. The minimum absolute atomic E-state index is 0.0295. The number of carbonyl (C=O) groups is 5. The van der Waals surface area contributed by atoms with E-state index in [1.165, 1.54) is 34.6 Å². The monoisotopic (exact) mass is 650 g/mol. The van der Waals surface area contributed by atoms with Crippen molar-refractivity contribution in [2.24, 2.45) is 28.6 Å². The van der Waals surface area contributed by atoms with Gasteiger partial charge < -0.3 is 37.9 Å². The molecule has 0 aromatic carbocycles. The van der Waals surface area contributed by atoms with Gasteiger partial charge in [0.15, 0.2) is 6.10 Å². The summed E-state index contributed by atoms with van der Waals surface area (Å²) in [5, 5.41) is 0. The lowest BCUT2D eigenvalue weighted by atomic mass is 9.41. The van der Waals surface area contributed by atoms with Gasteiger partial charge in [0.2, 0.25) is 11.9 Å². The van der Waals surface area contributed by atoms with Crippen LogP contribution in [0.2, 0.25) is 0 Å². The summed E-state index contributed by atoms with van der Waals surface area (Å²) in [6.07, 6.45) is 1.07. The number of rotatable bonds is 9. The van der Waals surface area contributed by atoms with Crippen molar-refractivity contribution in [2.75, 3.05) is 13.2 Å². The van der Waals surface area contributed by atoms with Crippen LogP contribution in [0.15, 0.2) is 12.3 Å². The Hall–Kier alpha value is -3.19. The molecule has 0 radical (unpaired) electrons. The summed E-state index contributed by atoms with van der Waals surface area (Å²) >= 11 is 0. The summed E-state index contributed by atoms with van der Waals surface area (Å²) in [4.78, 5) is 63.5. The highest BCUT2D eigenvalue weighted by Crippen LogP contribution is 2.71. The van der Waals surface area contributed by atoms with Gasteiger partial charge in [-0.1, -0.05) is 20.8 Å². The van der Waals surface area contributed by atoms with E-state index >= 15 is 0 Å². The summed E-state index contributed by atoms with van der Waals surface area (Å²) in [7, 11) is 0. The van der Waals surface area contributed by atoms with Crippen LogP contribution in [0.5, 0.6) is 0 Å². The summed E-state index contributed by atoms with van der Waals surface area (Å²) < 4.78 is 48.0. The van der Waals surface area contributed by atoms with Gasteiger partial charge in [-0.2, -0.15) is 0 Å². The zero-order valence-corrected chi connectivity index (χ0v) is 27.8. The summed E-state index contributed by atoms with van der Waals surface area (Å²) in [5.74, 6) is -3.75. The molecule has 3 heterocycles. The maximum absolute atomic E-state index is 13.8. The second kappa shape index (κ2) is 12.1. The van der Waals surface area contributed by atoms with E-state index in [9.17, 15) is 24.0 Å². The number of hydrogen-bond donors (Lipinski definition) is 0. The van der Waals surface area contributed by atoms with E-state index in [1.54, 1.807) is 13.2 Å². The highest BCUT2D eigenvalue weighted by molar-refractivity contribution is 5.83. The van der Waals surface area contributed by atoms with Crippen molar-refractivity contribution >= 4 is 29.8 Å². The Morgan fingerprint density at radius 3 is 2.15 bits per heavy atom. The number of esters is 5. The van der Waals surface area contributed by atoms with E-state index in [0.717, 1.165) is 0 Å². The van der Waals surface area contributed by atoms with Crippen LogP contribution >= 0.6 is 0 Å². The predicted molar refractivity (Wildman–Crippen MR) is 156 cm³/mol. The molecule has 0 bridgehead atoms. The molecule has 12 atom stereocenters. The average Bonchev–Trinajstić information content (AvgIpc) is 3.44. The van der Waals surface area contributed by atoms with Crippen LogP contribution in [0.3, 0.4) is 0 Å². The van der Waals surface area contributed by atoms with Gasteiger partial charge >= 0.3 is 29.8 Å². The van der Waals surface area contributed by atoms with Crippen LogP contribution in [0, 0.1) is 28.6 Å². The minimum Gasteiger partial charge on any atom is -0.472 e. The Morgan fingerprint density at radius 1 is 0.935 bits per heavy atom. The molecule has 2 saturated carbocycles. The molecule has 13 heteroatoms. The second-order valence-electron chi connectivity index (χ2n) is 13.9. The molecule has 0 N–H and O–H groups in total. The van der Waals surface area contributed by atoms with Crippen LogP contribution in [-0.2, 0) is 61.9 Å². The molecule has 46 heavy (non-hydrogen) atoms. The lowest BCUT2D eigenvalue weighted by Crippen LogP contribution is -2.75. The zero-order chi connectivity index (χ0) is 33.8. The van der Waals surface area contributed by atoms with Gasteiger partial charge in [0, 0.05) is 39.0 Å². The molecular formula is C33H46O13. The van der Waals surface area contributed by atoms with Crippen molar-refractivity contribution in [1.29, 1.82) is 0 Å². The first-order valence-electron chi connectivity index (χ1n) is 16.0. The lowest BCUT2D eigenvalue weighted by Gasteiger charge is -2.65. The fourth-order valence-corrected chi connectivity index (χ4v) is 8.72. The van der Waals surface area contributed by atoms with Gasteiger partial charge in [0.1, 0.15) is 24.4 Å². The van der Waals surface area contributed by atoms with Gasteiger partial charge in [0.25, 0.3) is 0 Å². The first kappa shape index (κ1) is 34.2. The SMILES string of the molecule is CC[C@](C)(OC(C)=O)C(=O)O[C@H]1[C@H](OC(C)=O)C[C@@H]2[C@@](C)([C@@H]3C[C@H]4C=CO[C@H]4O3)[C@H](C)C[C@H](OC(C)=O)[C@@]2(COC(C)=O)[C@@]12CO2. The highest BCUT2D eigenvalue weighted by atomic mass is 16.7. The number of carbonyl (C=O) groups excluding carboxylic acids is 5. The molecule has 0 aromatic heterocycles.